The Morgan fingerprint density at radius 2 is 2.00 bits per heavy atom. The quantitative estimate of drug-likeness (QED) is 0.461. The van der Waals surface area contributed by atoms with Crippen LogP contribution < -0.4 is 5.32 Å². The first-order valence-corrected chi connectivity index (χ1v) is 10.9. The van der Waals surface area contributed by atoms with Crippen LogP contribution in [0.2, 0.25) is 0 Å². The van der Waals surface area contributed by atoms with Crippen molar-refractivity contribution in [2.45, 2.75) is 31.8 Å². The maximum absolute atomic E-state index is 12.2. The summed E-state index contributed by atoms with van der Waals surface area (Å²) in [5.41, 5.74) is 1.86. The van der Waals surface area contributed by atoms with E-state index >= 15 is 0 Å². The minimum absolute atomic E-state index is 0.0709. The molecule has 0 saturated heterocycles. The van der Waals surface area contributed by atoms with E-state index in [1.807, 2.05) is 34.7 Å². The molecule has 0 spiro atoms. The molecular weight excluding hydrogens is 392 g/mol. The van der Waals surface area contributed by atoms with Crippen molar-refractivity contribution >= 4 is 50.7 Å². The normalized spacial score (nSPS) is 11.5. The number of hydrogen-bond donors (Lipinski definition) is 1. The largest absolute Gasteiger partial charge is 0.301 e. The van der Waals surface area contributed by atoms with Crippen molar-refractivity contribution < 1.29 is 4.79 Å². The number of thioether (sulfide) groups is 1. The maximum atomic E-state index is 12.2. The standard InChI is InChI=1S/C19H20N6OS2/c1-12(2)11-17-22-23-18(28-17)20-16(26)9-10-27-19-24-21-15-8-7-13-5-3-4-6-14(13)25(15)19/h3-8,12H,9-11H2,1-2H3,(H,20,23,26). The Morgan fingerprint density at radius 3 is 2.86 bits per heavy atom. The lowest BCUT2D eigenvalue weighted by molar-refractivity contribution is -0.115. The monoisotopic (exact) mass is 412 g/mol. The summed E-state index contributed by atoms with van der Waals surface area (Å²) in [7, 11) is 0. The Hall–Kier alpha value is -2.52. The fourth-order valence-electron chi connectivity index (χ4n) is 2.86. The summed E-state index contributed by atoms with van der Waals surface area (Å²) >= 11 is 2.96. The number of rotatable bonds is 7. The summed E-state index contributed by atoms with van der Waals surface area (Å²) < 4.78 is 2.03. The summed E-state index contributed by atoms with van der Waals surface area (Å²) in [5.74, 6) is 1.05. The molecule has 0 aliphatic rings. The minimum Gasteiger partial charge on any atom is -0.301 e. The van der Waals surface area contributed by atoms with Gasteiger partial charge in [0, 0.05) is 18.6 Å². The van der Waals surface area contributed by atoms with Crippen molar-refractivity contribution in [1.82, 2.24) is 24.8 Å². The van der Waals surface area contributed by atoms with Gasteiger partial charge in [0.15, 0.2) is 10.8 Å². The molecule has 0 atom stereocenters. The third-order valence-corrected chi connectivity index (χ3v) is 5.90. The molecule has 4 aromatic rings. The molecule has 144 valence electrons. The first-order chi connectivity index (χ1) is 13.6. The van der Waals surface area contributed by atoms with Crippen LogP contribution >= 0.6 is 23.1 Å². The first-order valence-electron chi connectivity index (χ1n) is 9.08. The van der Waals surface area contributed by atoms with Crippen LogP contribution in [-0.4, -0.2) is 36.5 Å². The van der Waals surface area contributed by atoms with Crippen LogP contribution in [0.5, 0.6) is 0 Å². The molecule has 0 unspecified atom stereocenters. The number of fused-ring (bicyclic) bond motifs is 3. The summed E-state index contributed by atoms with van der Waals surface area (Å²) in [6.07, 6.45) is 1.24. The Bertz CT molecular complexity index is 1120. The van der Waals surface area contributed by atoms with Crippen LogP contribution in [0.25, 0.3) is 16.6 Å². The minimum atomic E-state index is -0.0709. The topological polar surface area (TPSA) is 85.1 Å². The van der Waals surface area contributed by atoms with E-state index in [4.69, 9.17) is 0 Å². The van der Waals surface area contributed by atoms with Crippen LogP contribution in [0, 0.1) is 5.92 Å². The zero-order valence-electron chi connectivity index (χ0n) is 15.6. The van der Waals surface area contributed by atoms with E-state index < -0.39 is 0 Å². The number of carbonyl (C=O) groups excluding carboxylic acids is 1. The van der Waals surface area contributed by atoms with E-state index in [-0.39, 0.29) is 5.91 Å². The Labute approximate surface area is 170 Å². The highest BCUT2D eigenvalue weighted by atomic mass is 32.2. The smallest absolute Gasteiger partial charge is 0.227 e. The van der Waals surface area contributed by atoms with Crippen molar-refractivity contribution in [3.63, 3.8) is 0 Å². The average Bonchev–Trinajstić information content (AvgIpc) is 3.28. The van der Waals surface area contributed by atoms with Gasteiger partial charge < -0.3 is 5.32 Å². The van der Waals surface area contributed by atoms with Crippen LogP contribution in [0.4, 0.5) is 5.13 Å². The van der Waals surface area contributed by atoms with Gasteiger partial charge in [0.05, 0.1) is 5.52 Å². The van der Waals surface area contributed by atoms with Crippen LogP contribution in [-0.2, 0) is 11.2 Å². The highest BCUT2D eigenvalue weighted by molar-refractivity contribution is 7.99. The molecule has 0 aliphatic heterocycles. The van der Waals surface area contributed by atoms with E-state index in [1.54, 1.807) is 0 Å². The number of para-hydroxylation sites is 1. The van der Waals surface area contributed by atoms with E-state index in [2.05, 4.69) is 45.6 Å². The molecule has 3 heterocycles. The van der Waals surface area contributed by atoms with E-state index in [0.29, 0.717) is 23.2 Å². The van der Waals surface area contributed by atoms with Crippen molar-refractivity contribution in [2.24, 2.45) is 5.92 Å². The summed E-state index contributed by atoms with van der Waals surface area (Å²) in [6.45, 7) is 4.27. The fraction of sp³-hybridized carbons (Fsp3) is 0.316. The van der Waals surface area contributed by atoms with Gasteiger partial charge in [-0.05, 0) is 29.5 Å². The van der Waals surface area contributed by atoms with Crippen LogP contribution in [0.3, 0.4) is 0 Å². The average molecular weight is 413 g/mol. The van der Waals surface area contributed by atoms with Crippen LogP contribution in [0.1, 0.15) is 25.3 Å². The van der Waals surface area contributed by atoms with Gasteiger partial charge in [0.1, 0.15) is 5.01 Å². The molecule has 0 saturated carbocycles. The molecule has 0 aliphatic carbocycles. The lowest BCUT2D eigenvalue weighted by atomic mass is 10.1. The summed E-state index contributed by atoms with van der Waals surface area (Å²) in [5, 5.41) is 22.9. The Balaban J connectivity index is 1.38. The van der Waals surface area contributed by atoms with Crippen LogP contribution in [0.15, 0.2) is 41.6 Å². The zero-order valence-corrected chi connectivity index (χ0v) is 17.3. The van der Waals surface area contributed by atoms with E-state index in [9.17, 15) is 4.79 Å². The van der Waals surface area contributed by atoms with E-state index in [1.165, 1.54) is 23.1 Å². The molecule has 9 heteroatoms. The number of nitrogens with one attached hydrogen (secondary N) is 1. The molecule has 1 aromatic carbocycles. The van der Waals surface area contributed by atoms with Crippen molar-refractivity contribution in [3.05, 3.63) is 41.4 Å². The molecule has 4 rings (SSSR count). The van der Waals surface area contributed by atoms with Gasteiger partial charge in [-0.2, -0.15) is 0 Å². The third kappa shape index (κ3) is 4.15. The maximum Gasteiger partial charge on any atom is 0.227 e. The van der Waals surface area contributed by atoms with Crippen molar-refractivity contribution in [1.29, 1.82) is 0 Å². The Morgan fingerprint density at radius 1 is 1.14 bits per heavy atom. The molecule has 3 aromatic heterocycles. The number of benzene rings is 1. The zero-order chi connectivity index (χ0) is 19.5. The molecule has 0 bridgehead atoms. The number of aromatic nitrogens is 5. The second-order valence-corrected chi connectivity index (χ2v) is 8.94. The van der Waals surface area contributed by atoms with Gasteiger partial charge in [0.2, 0.25) is 11.0 Å². The number of nitrogens with zero attached hydrogens (tertiary/aromatic N) is 5. The van der Waals surface area contributed by atoms with Crippen molar-refractivity contribution in [3.8, 4) is 0 Å². The molecule has 1 N–H and O–H groups in total. The molecular formula is C19H20N6OS2. The molecule has 7 nitrogen and oxygen atoms in total. The Kier molecular flexibility index (Phi) is 5.54. The molecule has 28 heavy (non-hydrogen) atoms. The highest BCUT2D eigenvalue weighted by Crippen LogP contribution is 2.24. The lowest BCUT2D eigenvalue weighted by Crippen LogP contribution is -2.12. The van der Waals surface area contributed by atoms with Gasteiger partial charge in [-0.15, -0.1) is 20.4 Å². The highest BCUT2D eigenvalue weighted by Gasteiger charge is 2.12. The molecule has 1 amide bonds. The predicted octanol–water partition coefficient (Wildman–Crippen LogP) is 4.05. The van der Waals surface area contributed by atoms with Gasteiger partial charge in [0.25, 0.3) is 0 Å². The van der Waals surface area contributed by atoms with Crippen molar-refractivity contribution in [2.75, 3.05) is 11.1 Å². The molecule has 0 fully saturated rings. The number of pyridine rings is 1. The second kappa shape index (κ2) is 8.24. The number of amides is 1. The fourth-order valence-corrected chi connectivity index (χ4v) is 4.72. The molecule has 0 radical (unpaired) electrons. The SMILES string of the molecule is CC(C)Cc1nnc(NC(=O)CCSc2nnc3ccc4ccccc4n23)s1. The number of hydrogen-bond acceptors (Lipinski definition) is 7. The lowest BCUT2D eigenvalue weighted by Gasteiger charge is -2.04. The van der Waals surface area contributed by atoms with Gasteiger partial charge >= 0.3 is 0 Å². The third-order valence-electron chi connectivity index (χ3n) is 4.10. The van der Waals surface area contributed by atoms with Gasteiger partial charge in [-0.25, -0.2) is 0 Å². The van der Waals surface area contributed by atoms with E-state index in [0.717, 1.165) is 33.1 Å². The number of anilines is 1. The van der Waals surface area contributed by atoms with Gasteiger partial charge in [-0.3, -0.25) is 9.20 Å². The predicted molar refractivity (Wildman–Crippen MR) is 113 cm³/mol. The second-order valence-electron chi connectivity index (χ2n) is 6.81. The summed E-state index contributed by atoms with van der Waals surface area (Å²) in [4.78, 5) is 12.2. The summed E-state index contributed by atoms with van der Waals surface area (Å²) in [6, 6.07) is 12.1. The number of carbonyl (C=O) groups is 1. The van der Waals surface area contributed by atoms with Gasteiger partial charge in [-0.1, -0.05) is 55.1 Å². The first kappa shape index (κ1) is 18.8.